The lowest BCUT2D eigenvalue weighted by molar-refractivity contribution is -0.146. The van der Waals surface area contributed by atoms with Gasteiger partial charge in [0, 0.05) is 18.6 Å². The van der Waals surface area contributed by atoms with E-state index in [1.165, 1.54) is 39.2 Å². The van der Waals surface area contributed by atoms with Crippen molar-refractivity contribution in [1.82, 2.24) is 4.90 Å². The lowest BCUT2D eigenvalue weighted by atomic mass is 9.94. The van der Waals surface area contributed by atoms with Crippen LogP contribution in [-0.4, -0.2) is 42.6 Å². The molecular weight excluding hydrogens is 204 g/mol. The molecule has 1 saturated carbocycles. The summed E-state index contributed by atoms with van der Waals surface area (Å²) >= 11 is 0. The molecule has 1 aliphatic heterocycles. The monoisotopic (exact) mass is 226 g/mol. The molecule has 2 atom stereocenters. The van der Waals surface area contributed by atoms with Crippen LogP contribution in [0.1, 0.15) is 38.5 Å². The van der Waals surface area contributed by atoms with Crippen LogP contribution in [0.4, 0.5) is 0 Å². The maximum absolute atomic E-state index is 11.7. The molecule has 0 aromatic heterocycles. The lowest BCUT2D eigenvalue weighted by Crippen LogP contribution is -2.44. The van der Waals surface area contributed by atoms with E-state index >= 15 is 0 Å². The van der Waals surface area contributed by atoms with Crippen LogP contribution < -0.4 is 5.73 Å². The molecule has 2 fully saturated rings. The van der Waals surface area contributed by atoms with Crippen molar-refractivity contribution in [2.45, 2.75) is 56.7 Å². The van der Waals surface area contributed by atoms with Crippen LogP contribution >= 0.6 is 0 Å². The molecule has 1 saturated heterocycles. The average molecular weight is 226 g/mol. The van der Waals surface area contributed by atoms with Crippen molar-refractivity contribution >= 4 is 5.97 Å². The third-order valence-corrected chi connectivity index (χ3v) is 3.89. The van der Waals surface area contributed by atoms with E-state index in [2.05, 4.69) is 4.90 Å². The fourth-order valence-corrected chi connectivity index (χ4v) is 3.08. The molecule has 1 heterocycles. The van der Waals surface area contributed by atoms with Crippen LogP contribution in [0.5, 0.6) is 0 Å². The highest BCUT2D eigenvalue weighted by Gasteiger charge is 2.39. The highest BCUT2D eigenvalue weighted by molar-refractivity contribution is 5.76. The van der Waals surface area contributed by atoms with Crippen LogP contribution in [-0.2, 0) is 9.53 Å². The molecule has 2 rings (SSSR count). The molecule has 0 spiro atoms. The maximum Gasteiger partial charge on any atom is 0.323 e. The molecule has 4 nitrogen and oxygen atoms in total. The summed E-state index contributed by atoms with van der Waals surface area (Å²) in [6.07, 6.45) is 7.07. The van der Waals surface area contributed by atoms with Crippen molar-refractivity contribution in [3.05, 3.63) is 0 Å². The number of ether oxygens (including phenoxy) is 1. The normalized spacial score (nSPS) is 32.9. The van der Waals surface area contributed by atoms with Gasteiger partial charge in [-0.1, -0.05) is 19.3 Å². The molecular formula is C12H22N2O2. The molecule has 16 heavy (non-hydrogen) atoms. The number of likely N-dealkylation sites (tertiary alicyclic amines) is 1. The third kappa shape index (κ3) is 2.38. The molecule has 0 unspecified atom stereocenters. The predicted molar refractivity (Wildman–Crippen MR) is 62.0 cm³/mol. The van der Waals surface area contributed by atoms with Gasteiger partial charge in [-0.2, -0.15) is 0 Å². The molecule has 0 bridgehead atoms. The molecule has 2 N–H and O–H groups in total. The summed E-state index contributed by atoms with van der Waals surface area (Å²) in [5.74, 6) is -0.112. The minimum atomic E-state index is -0.112. The number of nitrogens with zero attached hydrogens (tertiary/aromatic N) is 1. The van der Waals surface area contributed by atoms with Gasteiger partial charge in [-0.05, 0) is 19.3 Å². The minimum Gasteiger partial charge on any atom is -0.468 e. The molecule has 1 aliphatic carbocycles. The molecule has 0 aromatic rings. The summed E-state index contributed by atoms with van der Waals surface area (Å²) in [6, 6.07) is 0.584. The second-order valence-electron chi connectivity index (χ2n) is 5.02. The standard InChI is InChI=1S/C12H22N2O2/c1-16-12(15)11-7-9(13)8-14(11)10-5-3-2-4-6-10/h9-11H,2-8,13H2,1H3/t9-,11+/m1/s1. The summed E-state index contributed by atoms with van der Waals surface area (Å²) in [7, 11) is 1.46. The summed E-state index contributed by atoms with van der Waals surface area (Å²) in [4.78, 5) is 14.0. The number of esters is 1. The Bertz CT molecular complexity index is 251. The van der Waals surface area contributed by atoms with Crippen LogP contribution in [0.15, 0.2) is 0 Å². The van der Waals surface area contributed by atoms with E-state index in [1.54, 1.807) is 0 Å². The smallest absolute Gasteiger partial charge is 0.323 e. The van der Waals surface area contributed by atoms with Gasteiger partial charge in [0.25, 0.3) is 0 Å². The van der Waals surface area contributed by atoms with Gasteiger partial charge in [0.1, 0.15) is 6.04 Å². The van der Waals surface area contributed by atoms with E-state index in [0.29, 0.717) is 6.04 Å². The SMILES string of the molecule is COC(=O)[C@@H]1C[C@@H](N)CN1C1CCCCC1. The second kappa shape index (κ2) is 5.15. The largest absolute Gasteiger partial charge is 0.468 e. The van der Waals surface area contributed by atoms with Gasteiger partial charge in [0.15, 0.2) is 0 Å². The zero-order valence-corrected chi connectivity index (χ0v) is 10.0. The van der Waals surface area contributed by atoms with Gasteiger partial charge in [-0.25, -0.2) is 0 Å². The summed E-state index contributed by atoms with van der Waals surface area (Å²) in [6.45, 7) is 0.852. The van der Waals surface area contributed by atoms with E-state index in [9.17, 15) is 4.79 Å². The summed E-state index contributed by atoms with van der Waals surface area (Å²) < 4.78 is 4.87. The first-order valence-corrected chi connectivity index (χ1v) is 6.31. The Hall–Kier alpha value is -0.610. The number of carbonyl (C=O) groups excluding carboxylic acids is 1. The van der Waals surface area contributed by atoms with Crippen LogP contribution in [0.2, 0.25) is 0 Å². The molecule has 0 radical (unpaired) electrons. The minimum absolute atomic E-state index is 0.0944. The lowest BCUT2D eigenvalue weighted by Gasteiger charge is -2.34. The van der Waals surface area contributed by atoms with E-state index in [-0.39, 0.29) is 18.1 Å². The van der Waals surface area contributed by atoms with Crippen molar-refractivity contribution in [3.63, 3.8) is 0 Å². The zero-order valence-electron chi connectivity index (χ0n) is 10.0. The maximum atomic E-state index is 11.7. The van der Waals surface area contributed by atoms with Crippen molar-refractivity contribution < 1.29 is 9.53 Å². The van der Waals surface area contributed by atoms with E-state index in [4.69, 9.17) is 10.5 Å². The molecule has 92 valence electrons. The Morgan fingerprint density at radius 3 is 2.62 bits per heavy atom. The molecule has 4 heteroatoms. The fourth-order valence-electron chi connectivity index (χ4n) is 3.08. The number of carbonyl (C=O) groups is 1. The fraction of sp³-hybridized carbons (Fsp3) is 0.917. The van der Waals surface area contributed by atoms with Crippen LogP contribution in [0, 0.1) is 0 Å². The molecule has 0 aromatic carbocycles. The van der Waals surface area contributed by atoms with Gasteiger partial charge in [0.2, 0.25) is 0 Å². The Morgan fingerprint density at radius 1 is 1.31 bits per heavy atom. The zero-order chi connectivity index (χ0) is 11.5. The number of hydrogen-bond donors (Lipinski definition) is 1. The van der Waals surface area contributed by atoms with Gasteiger partial charge in [0.05, 0.1) is 7.11 Å². The second-order valence-corrected chi connectivity index (χ2v) is 5.02. The number of hydrogen-bond acceptors (Lipinski definition) is 4. The Labute approximate surface area is 97.1 Å². The average Bonchev–Trinajstić information content (AvgIpc) is 2.71. The molecule has 0 amide bonds. The predicted octanol–water partition coefficient (Wildman–Crippen LogP) is 0.894. The Kier molecular flexibility index (Phi) is 3.82. The Morgan fingerprint density at radius 2 is 2.00 bits per heavy atom. The van der Waals surface area contributed by atoms with Gasteiger partial charge in [-0.3, -0.25) is 9.69 Å². The van der Waals surface area contributed by atoms with Crippen molar-refractivity contribution in [3.8, 4) is 0 Å². The van der Waals surface area contributed by atoms with Crippen molar-refractivity contribution in [2.24, 2.45) is 5.73 Å². The highest BCUT2D eigenvalue weighted by Crippen LogP contribution is 2.29. The van der Waals surface area contributed by atoms with Crippen molar-refractivity contribution in [2.75, 3.05) is 13.7 Å². The van der Waals surface area contributed by atoms with Crippen LogP contribution in [0.25, 0.3) is 0 Å². The first-order valence-electron chi connectivity index (χ1n) is 6.31. The topological polar surface area (TPSA) is 55.6 Å². The van der Waals surface area contributed by atoms with Crippen molar-refractivity contribution in [1.29, 1.82) is 0 Å². The third-order valence-electron chi connectivity index (χ3n) is 3.89. The first-order chi connectivity index (χ1) is 7.72. The quantitative estimate of drug-likeness (QED) is 0.711. The first kappa shape index (κ1) is 11.9. The number of nitrogens with two attached hydrogens (primary N) is 1. The number of rotatable bonds is 2. The van der Waals surface area contributed by atoms with Gasteiger partial charge < -0.3 is 10.5 Å². The van der Waals surface area contributed by atoms with Crippen LogP contribution in [0.3, 0.4) is 0 Å². The number of methoxy groups -OCH3 is 1. The van der Waals surface area contributed by atoms with E-state index < -0.39 is 0 Å². The molecule has 2 aliphatic rings. The summed E-state index contributed by atoms with van der Waals surface area (Å²) in [5, 5.41) is 0. The summed E-state index contributed by atoms with van der Waals surface area (Å²) in [5.41, 5.74) is 5.97. The Balaban J connectivity index is 2.02. The van der Waals surface area contributed by atoms with E-state index in [1.807, 2.05) is 0 Å². The van der Waals surface area contributed by atoms with E-state index in [0.717, 1.165) is 13.0 Å². The van der Waals surface area contributed by atoms with Gasteiger partial charge in [-0.15, -0.1) is 0 Å². The van der Waals surface area contributed by atoms with Gasteiger partial charge >= 0.3 is 5.97 Å². The highest BCUT2D eigenvalue weighted by atomic mass is 16.5.